The fourth-order valence-corrected chi connectivity index (χ4v) is 3.33. The summed E-state index contributed by atoms with van der Waals surface area (Å²) in [5, 5.41) is 22.9. The van der Waals surface area contributed by atoms with E-state index in [0.717, 1.165) is 4.80 Å². The number of carbonyl (C=O) groups excluding carboxylic acids is 1. The number of aromatic nitrogens is 6. The molecule has 12 nitrogen and oxygen atoms in total. The lowest BCUT2D eigenvalue weighted by Gasteiger charge is -2.24. The first-order chi connectivity index (χ1) is 15.4. The molecule has 0 fully saturated rings. The Balaban J connectivity index is 1.33. The molecule has 0 saturated heterocycles. The first kappa shape index (κ1) is 19.8. The second-order valence-electron chi connectivity index (χ2n) is 7.18. The second-order valence-corrected chi connectivity index (χ2v) is 7.18. The van der Waals surface area contributed by atoms with Crippen molar-refractivity contribution in [2.24, 2.45) is 0 Å². The third kappa shape index (κ3) is 3.47. The van der Waals surface area contributed by atoms with Gasteiger partial charge in [0.1, 0.15) is 29.6 Å². The number of nitrogens with zero attached hydrogens (tertiary/aromatic N) is 7. The zero-order valence-corrected chi connectivity index (χ0v) is 16.7. The highest BCUT2D eigenvalue weighted by Crippen LogP contribution is 2.26. The molecule has 0 spiro atoms. The minimum absolute atomic E-state index is 0.0351. The molecule has 32 heavy (non-hydrogen) atoms. The molecule has 1 N–H and O–H groups in total. The monoisotopic (exact) mass is 441 g/mol. The Labute approximate surface area is 178 Å². The average molecular weight is 441 g/mol. The molecule has 1 aliphatic heterocycles. The van der Waals surface area contributed by atoms with E-state index in [1.807, 2.05) is 0 Å². The molecule has 164 valence electrons. The van der Waals surface area contributed by atoms with E-state index in [-0.39, 0.29) is 48.8 Å². The number of fused-ring (bicyclic) bond motifs is 2. The number of anilines is 1. The van der Waals surface area contributed by atoms with Gasteiger partial charge in [0.25, 0.3) is 11.5 Å². The second kappa shape index (κ2) is 7.53. The van der Waals surface area contributed by atoms with Crippen molar-refractivity contribution in [3.05, 3.63) is 58.3 Å². The number of amides is 1. The summed E-state index contributed by atoms with van der Waals surface area (Å²) in [4.78, 5) is 31.0. The van der Waals surface area contributed by atoms with Gasteiger partial charge >= 0.3 is 0 Å². The zero-order valence-electron chi connectivity index (χ0n) is 16.7. The molecule has 0 saturated carbocycles. The maximum absolute atomic E-state index is 13.3. The summed E-state index contributed by atoms with van der Waals surface area (Å²) in [6.45, 7) is -0.308. The number of carbonyl (C=O) groups is 1. The van der Waals surface area contributed by atoms with Crippen LogP contribution < -0.4 is 15.2 Å². The van der Waals surface area contributed by atoms with Crippen LogP contribution in [0.15, 0.2) is 39.8 Å². The summed E-state index contributed by atoms with van der Waals surface area (Å²) in [7, 11) is 1.47. The normalized spacial score (nSPS) is 14.5. The lowest BCUT2D eigenvalue weighted by Crippen LogP contribution is -2.41. The van der Waals surface area contributed by atoms with Gasteiger partial charge in [0.2, 0.25) is 5.88 Å². The van der Waals surface area contributed by atoms with Gasteiger partial charge < -0.3 is 19.2 Å². The van der Waals surface area contributed by atoms with Crippen molar-refractivity contribution in [2.45, 2.75) is 19.2 Å². The number of rotatable bonds is 5. The van der Waals surface area contributed by atoms with E-state index in [4.69, 9.17) is 9.15 Å². The van der Waals surface area contributed by atoms with Crippen molar-refractivity contribution in [3.63, 3.8) is 0 Å². The van der Waals surface area contributed by atoms with Crippen molar-refractivity contribution < 1.29 is 23.4 Å². The number of hydrogen-bond donors (Lipinski definition) is 1. The Morgan fingerprint density at radius 1 is 1.28 bits per heavy atom. The summed E-state index contributed by atoms with van der Waals surface area (Å²) in [5.74, 6) is -0.263. The molecule has 3 aromatic heterocycles. The number of tetrazole rings is 1. The molecule has 0 bridgehead atoms. The smallest absolute Gasteiger partial charge is 0.281 e. The van der Waals surface area contributed by atoms with Crippen molar-refractivity contribution in [2.75, 3.05) is 18.6 Å². The van der Waals surface area contributed by atoms with Crippen molar-refractivity contribution in [1.29, 1.82) is 0 Å². The highest BCUT2D eigenvalue weighted by Gasteiger charge is 2.27. The molecule has 0 aliphatic carbocycles. The van der Waals surface area contributed by atoms with Gasteiger partial charge in [-0.15, -0.1) is 10.2 Å². The molecule has 4 aromatic rings. The van der Waals surface area contributed by atoms with E-state index in [2.05, 4.69) is 20.4 Å². The molecule has 1 aromatic carbocycles. The summed E-state index contributed by atoms with van der Waals surface area (Å²) in [6, 6.07) is 5.60. The maximum atomic E-state index is 13.3. The molecule has 1 amide bonds. The van der Waals surface area contributed by atoms with Crippen molar-refractivity contribution in [3.8, 4) is 5.88 Å². The van der Waals surface area contributed by atoms with Gasteiger partial charge in [-0.05, 0) is 29.5 Å². The fourth-order valence-electron chi connectivity index (χ4n) is 3.33. The van der Waals surface area contributed by atoms with Crippen molar-refractivity contribution in [1.82, 2.24) is 29.8 Å². The summed E-state index contributed by atoms with van der Waals surface area (Å²) < 4.78 is 25.3. The van der Waals surface area contributed by atoms with Crippen LogP contribution in [0, 0.1) is 5.82 Å². The predicted molar refractivity (Wildman–Crippen MR) is 105 cm³/mol. The Hall–Kier alpha value is -4.13. The van der Waals surface area contributed by atoms with Crippen LogP contribution in [-0.2, 0) is 17.9 Å². The number of ether oxygens (including phenoxy) is 1. The topological polar surface area (TPSA) is 141 Å². The molecule has 5 rings (SSSR count). The van der Waals surface area contributed by atoms with E-state index in [9.17, 15) is 19.1 Å². The number of benzene rings is 1. The number of hydrogen-bond acceptors (Lipinski definition) is 9. The van der Waals surface area contributed by atoms with Crippen molar-refractivity contribution >= 4 is 22.6 Å². The highest BCUT2D eigenvalue weighted by molar-refractivity contribution is 5.96. The number of aliphatic hydroxyl groups excluding tert-OH is 1. The quantitative estimate of drug-likeness (QED) is 0.461. The number of furan rings is 1. The van der Waals surface area contributed by atoms with Crippen LogP contribution in [0.25, 0.3) is 11.0 Å². The van der Waals surface area contributed by atoms with Gasteiger partial charge in [-0.1, -0.05) is 0 Å². The summed E-state index contributed by atoms with van der Waals surface area (Å²) in [5.41, 5.74) is -0.0104. The third-order valence-electron chi connectivity index (χ3n) is 4.99. The lowest BCUT2D eigenvalue weighted by molar-refractivity contribution is -0.121. The van der Waals surface area contributed by atoms with Crippen LogP contribution in [0.5, 0.6) is 5.88 Å². The largest absolute Gasteiger partial charge is 0.466 e. The summed E-state index contributed by atoms with van der Waals surface area (Å²) >= 11 is 0. The zero-order chi connectivity index (χ0) is 22.4. The standard InChI is InChI=1S/C19H16FN7O5/c1-25-16(29)8-31-18-17(25)19(30)26(9-21-18)7-15-22-24-27(23-15)6-12(28)14-5-10-4-11(20)2-3-13(10)32-14/h2-5,9,12,28H,6-8H2,1H3/t12-/m0/s1. The molecule has 1 aliphatic rings. The number of likely N-dealkylation sites (N-methyl/N-ethyl adjacent to an activating group) is 1. The maximum Gasteiger partial charge on any atom is 0.281 e. The van der Waals surface area contributed by atoms with Crippen LogP contribution in [0.2, 0.25) is 0 Å². The Kier molecular flexibility index (Phi) is 4.66. The van der Waals surface area contributed by atoms with Gasteiger partial charge in [-0.25, -0.2) is 9.37 Å². The van der Waals surface area contributed by atoms with Gasteiger partial charge in [0, 0.05) is 12.4 Å². The molecular formula is C19H16FN7O5. The van der Waals surface area contributed by atoms with E-state index >= 15 is 0 Å². The van der Waals surface area contributed by atoms with Crippen LogP contribution >= 0.6 is 0 Å². The van der Waals surface area contributed by atoms with Gasteiger partial charge in [0.05, 0.1) is 13.1 Å². The van der Waals surface area contributed by atoms with Crippen LogP contribution in [0.1, 0.15) is 17.7 Å². The predicted octanol–water partition coefficient (Wildman–Crippen LogP) is 0.252. The average Bonchev–Trinajstić information content (AvgIpc) is 3.39. The van der Waals surface area contributed by atoms with Crippen LogP contribution in [-0.4, -0.2) is 54.4 Å². The minimum atomic E-state index is -1.10. The van der Waals surface area contributed by atoms with Gasteiger partial charge in [0.15, 0.2) is 18.1 Å². The number of halogens is 1. The fraction of sp³-hybridized carbons (Fsp3) is 0.263. The molecule has 13 heteroatoms. The van der Waals surface area contributed by atoms with E-state index in [1.54, 1.807) is 6.07 Å². The Morgan fingerprint density at radius 2 is 2.12 bits per heavy atom. The SMILES string of the molecule is CN1C(=O)COc2ncn(Cc3nnn(C[C@H](O)c4cc5cc(F)ccc5o4)n3)c(=O)c21. The Bertz CT molecular complexity index is 1390. The van der Waals surface area contributed by atoms with Gasteiger partial charge in [-0.3, -0.25) is 14.2 Å². The number of aliphatic hydroxyl groups is 1. The highest BCUT2D eigenvalue weighted by atomic mass is 19.1. The van der Waals surface area contributed by atoms with Gasteiger partial charge in [-0.2, -0.15) is 4.80 Å². The molecule has 4 heterocycles. The first-order valence-corrected chi connectivity index (χ1v) is 9.51. The molecule has 0 radical (unpaired) electrons. The first-order valence-electron chi connectivity index (χ1n) is 9.51. The lowest BCUT2D eigenvalue weighted by atomic mass is 10.2. The van der Waals surface area contributed by atoms with E-state index < -0.39 is 17.5 Å². The summed E-state index contributed by atoms with van der Waals surface area (Å²) in [6.07, 6.45) is 0.172. The molecule has 1 atom stereocenters. The molecule has 0 unspecified atom stereocenters. The Morgan fingerprint density at radius 3 is 2.97 bits per heavy atom. The third-order valence-corrected chi connectivity index (χ3v) is 4.99. The van der Waals surface area contributed by atoms with Crippen LogP contribution in [0.4, 0.5) is 10.1 Å². The minimum Gasteiger partial charge on any atom is -0.466 e. The van der Waals surface area contributed by atoms with Crippen LogP contribution in [0.3, 0.4) is 0 Å². The van der Waals surface area contributed by atoms with E-state index in [1.165, 1.54) is 41.0 Å². The van der Waals surface area contributed by atoms with E-state index in [0.29, 0.717) is 11.0 Å². The molecular weight excluding hydrogens is 425 g/mol.